The lowest BCUT2D eigenvalue weighted by Crippen LogP contribution is -2.49. The van der Waals surface area contributed by atoms with E-state index in [0.717, 1.165) is 179 Å². The highest BCUT2D eigenvalue weighted by molar-refractivity contribution is 6.30. The Bertz CT molecular complexity index is 5970. The average Bonchev–Trinajstić information content (AvgIpc) is 1.65. The first-order valence-electron chi connectivity index (χ1n) is 59.0. The summed E-state index contributed by atoms with van der Waals surface area (Å²) in [5.41, 5.74) is 10.5. The van der Waals surface area contributed by atoms with E-state index in [-0.39, 0.29) is 12.8 Å². The van der Waals surface area contributed by atoms with E-state index in [1.807, 2.05) is 56.9 Å². The largest absolute Gasteiger partial charge is 0.390 e. The van der Waals surface area contributed by atoms with Crippen molar-refractivity contribution < 1.29 is 38.7 Å². The Hall–Kier alpha value is -7.69. The van der Waals surface area contributed by atoms with E-state index in [2.05, 4.69) is 176 Å². The number of allylic oxidation sites excluding steroid dienone is 10. The summed E-state index contributed by atoms with van der Waals surface area (Å²) in [6.45, 7) is 40.8. The molecule has 5 heterocycles. The van der Waals surface area contributed by atoms with Crippen molar-refractivity contribution in [3.8, 4) is 23.1 Å². The van der Waals surface area contributed by atoms with Gasteiger partial charge in [-0.2, -0.15) is 30.0 Å². The Balaban J connectivity index is 0.000000105. The molecule has 35 atom stereocenters. The second-order valence-corrected chi connectivity index (χ2v) is 54.6. The third-order valence-electron chi connectivity index (χ3n) is 46.8. The number of nitrogens with zero attached hydrogens (tertiary/aromatic N) is 12. The minimum absolute atomic E-state index is 0.171. The van der Waals surface area contributed by atoms with Crippen LogP contribution in [-0.4, -0.2) is 125 Å². The van der Waals surface area contributed by atoms with Crippen LogP contribution < -0.4 is 0 Å². The third kappa shape index (κ3) is 20.2. The highest BCUT2D eigenvalue weighted by Gasteiger charge is 2.65. The van der Waals surface area contributed by atoms with Crippen molar-refractivity contribution in [1.29, 1.82) is 0 Å². The minimum Gasteiger partial charge on any atom is -0.390 e. The van der Waals surface area contributed by atoms with Crippen LogP contribution in [0, 0.1) is 204 Å². The molecule has 0 unspecified atom stereocenters. The molecule has 0 amide bonds. The molecular formula is C128H174ClF3N12O5. The number of imidazole rings is 3. The monoisotopic (exact) mass is 2050 g/mol. The van der Waals surface area contributed by atoms with E-state index in [4.69, 9.17) is 11.6 Å². The molecule has 16 saturated carbocycles. The summed E-state index contributed by atoms with van der Waals surface area (Å²) in [7, 11) is 0. The van der Waals surface area contributed by atoms with E-state index in [1.165, 1.54) is 212 Å². The minimum atomic E-state index is -2.65. The zero-order chi connectivity index (χ0) is 104. The first-order valence-corrected chi connectivity index (χ1v) is 59.4. The lowest BCUT2D eigenvalue weighted by atomic mass is 9.51. The van der Waals surface area contributed by atoms with Crippen LogP contribution >= 0.6 is 11.6 Å². The quantitative estimate of drug-likeness (QED) is 0.0434. The van der Waals surface area contributed by atoms with Gasteiger partial charge in [0.25, 0.3) is 6.43 Å². The van der Waals surface area contributed by atoms with Crippen LogP contribution in [0.25, 0.3) is 0 Å². The van der Waals surface area contributed by atoms with Gasteiger partial charge in [-0.05, 0) is 444 Å². The van der Waals surface area contributed by atoms with Gasteiger partial charge >= 0.3 is 0 Å². The molecule has 21 aliphatic rings. The fraction of sp³-hybridized carbons (Fsp3) is 0.711. The predicted molar refractivity (Wildman–Crippen MR) is 582 cm³/mol. The van der Waals surface area contributed by atoms with Crippen LogP contribution in [0.5, 0.6) is 0 Å². The molecule has 0 aliphatic heterocycles. The van der Waals surface area contributed by atoms with Crippen LogP contribution in [0.15, 0.2) is 200 Å². The molecule has 17 nitrogen and oxygen atoms in total. The molecule has 5 N–H and O–H groups in total. The summed E-state index contributed by atoms with van der Waals surface area (Å²) in [6, 6.07) is 0. The number of aliphatic hydroxyl groups is 5. The Morgan fingerprint density at radius 2 is 0.651 bits per heavy atom. The summed E-state index contributed by atoms with van der Waals surface area (Å²) in [5.74, 6) is 27.5. The second kappa shape index (κ2) is 41.8. The molecule has 21 heteroatoms. The maximum Gasteiger partial charge on any atom is 0.267 e. The summed E-state index contributed by atoms with van der Waals surface area (Å²) < 4.78 is 46.6. The molecule has 804 valence electrons. The Kier molecular flexibility index (Phi) is 29.6. The predicted octanol–water partition coefficient (Wildman–Crippen LogP) is 26.5. The number of fused-ring (bicyclic) bond motifs is 25. The van der Waals surface area contributed by atoms with Crippen LogP contribution in [0.3, 0.4) is 0 Å². The van der Waals surface area contributed by atoms with Crippen LogP contribution in [0.1, 0.15) is 311 Å². The molecule has 5 aromatic heterocycles. The smallest absolute Gasteiger partial charge is 0.267 e. The van der Waals surface area contributed by atoms with Gasteiger partial charge in [-0.3, -0.25) is 0 Å². The zero-order valence-corrected chi connectivity index (χ0v) is 91.3. The van der Waals surface area contributed by atoms with Crippen molar-refractivity contribution in [2.75, 3.05) is 6.67 Å². The first kappa shape index (κ1) is 106. The highest BCUT2D eigenvalue weighted by Crippen LogP contribution is 2.72. The molecular weight excluding hydrogens is 1880 g/mol. The van der Waals surface area contributed by atoms with Crippen molar-refractivity contribution in [1.82, 2.24) is 58.6 Å². The standard InChI is InChI=1S/C29H38N2O.C26H33ClN2O.C25H34F2N2O.C24H34FN3O.C24H35N3O/c1-20(18-31-16-15-30-19-31)26-7-8-27-25-6-5-22-17-29(32,13-9-21-3-4-21)14-11-23(22)24(25)10-12-28(26,27)2;1-18(16-29-14-13-28-17-29)23-5-6-24-22-4-3-19-15-26(30,11-12-27)10-8-20(19)21(22)7-9-25(23,24)2;1-16(14-29-12-11-28-15-29)21-5-6-22-20-4-3-17-13-25(30,23(26)27)10-8-18(17)19(20)7-9-24(21,22)2;1-16(14-28-26-11-12-27-28)21-5-6-22-20-4-3-17-13-24(29,15-25)10-8-18(17)19(20)7-9-23(21,22)2;1-16(15-27-25-12-13-26-27)21-6-7-22-20-5-4-17-14-23(2,28)10-8-18(17)19(20)9-11-24(21,22)3/h5,15-16,19,21,23-27,32H,1,3-4,6-8,10-12,14,17-18H2,2H3;3,13-14,17,20-24,30H,1,4-10,15-16H2,2H3;3,11-12,15,18-23,30H,1,4-10,13-14H2,2H3;3,11-12,18-22,29H,1,4-10,13-15H2,2H3;4,12-13,18-22,28H,1,5-11,14-15H2,2-3H3/t23-,24+,25+,26+,27-,28+,29+;20-,21+,22+,23+,24-,25+,26-;18-,19+,20+,21+,22-,24+,25+;2*18-,19+,20+,21+,22-,23+,24+/m00000/s1. The van der Waals surface area contributed by atoms with E-state index >= 15 is 0 Å². The van der Waals surface area contributed by atoms with E-state index < -0.39 is 41.1 Å². The van der Waals surface area contributed by atoms with Gasteiger partial charge in [-0.1, -0.05) is 171 Å². The molecule has 0 saturated heterocycles. The molecule has 0 radical (unpaired) electrons. The molecule has 16 fully saturated rings. The maximum absolute atomic E-state index is 13.4. The number of hydrogen-bond donors (Lipinski definition) is 5. The van der Waals surface area contributed by atoms with Crippen molar-refractivity contribution in [3.05, 3.63) is 200 Å². The Morgan fingerprint density at radius 1 is 0.349 bits per heavy atom. The molecule has 149 heavy (non-hydrogen) atoms. The third-order valence-corrected chi connectivity index (χ3v) is 46.9. The first-order chi connectivity index (χ1) is 71.5. The normalized spacial score (nSPS) is 43.3. The molecule has 21 aliphatic carbocycles. The van der Waals surface area contributed by atoms with Crippen molar-refractivity contribution in [3.63, 3.8) is 0 Å². The van der Waals surface area contributed by atoms with E-state index in [9.17, 15) is 38.7 Å². The fourth-order valence-electron chi connectivity index (χ4n) is 39.6. The summed E-state index contributed by atoms with van der Waals surface area (Å²) in [5, 5.41) is 72.9. The SMILES string of the molecule is C=C(Cn1ccnc1)[C@H]1CC[C@H]2[C@@H]3CC=C4C[C@@](O)(C#CC5CC5)CC[C@@H]4[C@H]3CC[C@]12C.C=C(Cn1ccnc1)[C@H]1CC[C@H]2[C@@H]3CC=C4C[C@@](O)(C#CCl)CC[C@@H]4[C@H]3CC[C@]12C.C=C(Cn1ccnc1)[C@H]1CC[C@H]2[C@@H]3CC=C4C[C@@](O)(C(F)F)CC[C@@H]4[C@H]3CC[C@]12C.C=C(Cn1nccn1)[C@H]1CC[C@H]2[C@@H]3CC=C4C[C@@](O)(CF)CC[C@@H]4[C@H]3CC[C@]12C.C=C(Cn1nccn1)[C@H]1CC[C@H]2[C@@H]3CC=C4C[C@](C)(O)CC[C@@H]4[C@H]3CC[C@]12C. The molecule has 5 aromatic rings. The van der Waals surface area contributed by atoms with Crippen LogP contribution in [0.4, 0.5) is 13.2 Å². The van der Waals surface area contributed by atoms with Gasteiger partial charge in [0, 0.05) is 87.4 Å². The van der Waals surface area contributed by atoms with Gasteiger partial charge in [-0.15, -0.1) is 0 Å². The average molecular weight is 2050 g/mol. The van der Waals surface area contributed by atoms with Gasteiger partial charge in [0.15, 0.2) is 0 Å². The van der Waals surface area contributed by atoms with Gasteiger partial charge in [0.1, 0.15) is 23.5 Å². The highest BCUT2D eigenvalue weighted by atomic mass is 35.5. The van der Waals surface area contributed by atoms with Crippen molar-refractivity contribution in [2.45, 2.75) is 378 Å². The zero-order valence-electron chi connectivity index (χ0n) is 90.6. The van der Waals surface area contributed by atoms with Crippen molar-refractivity contribution >= 4 is 11.6 Å². The van der Waals surface area contributed by atoms with Crippen LogP contribution in [-0.2, 0) is 32.7 Å². The van der Waals surface area contributed by atoms with Gasteiger partial charge in [0.05, 0.1) is 68.1 Å². The van der Waals surface area contributed by atoms with Gasteiger partial charge < -0.3 is 39.2 Å². The van der Waals surface area contributed by atoms with Gasteiger partial charge in [0.2, 0.25) is 0 Å². The Labute approximate surface area is 892 Å². The summed E-state index contributed by atoms with van der Waals surface area (Å²) in [4.78, 5) is 16.1. The molecule has 26 rings (SSSR count). The summed E-state index contributed by atoms with van der Waals surface area (Å²) >= 11 is 5.62. The molecule has 0 aromatic carbocycles. The lowest BCUT2D eigenvalue weighted by Gasteiger charge is -2.54. The van der Waals surface area contributed by atoms with Gasteiger partial charge in [-0.25, -0.2) is 28.1 Å². The Morgan fingerprint density at radius 3 is 0.966 bits per heavy atom. The number of alkyl halides is 3. The number of hydrogen-bond acceptors (Lipinski definition) is 12. The number of aromatic nitrogens is 12. The topological polar surface area (TPSA) is 216 Å². The van der Waals surface area contributed by atoms with Crippen LogP contribution in [0.2, 0.25) is 0 Å². The summed E-state index contributed by atoms with van der Waals surface area (Å²) in [6.07, 6.45) is 79.4. The molecule has 0 spiro atoms. The van der Waals surface area contributed by atoms with E-state index in [0.29, 0.717) is 130 Å². The fourth-order valence-corrected chi connectivity index (χ4v) is 39.7. The van der Waals surface area contributed by atoms with Crippen molar-refractivity contribution in [2.24, 2.45) is 181 Å². The maximum atomic E-state index is 13.4. The second-order valence-electron chi connectivity index (χ2n) is 54.4. The number of rotatable bonds is 17. The van der Waals surface area contributed by atoms with E-state index in [1.54, 1.807) is 40.0 Å². The lowest BCUT2D eigenvalue weighted by molar-refractivity contribution is -0.119. The number of halogens is 4. The molecule has 0 bridgehead atoms.